The van der Waals surface area contributed by atoms with Crippen LogP contribution in [-0.4, -0.2) is 73.2 Å². The van der Waals surface area contributed by atoms with E-state index in [2.05, 4.69) is 31.0 Å². The smallest absolute Gasteiger partial charge is 0.226 e. The number of likely N-dealkylation sites (tertiary alicyclic amines) is 1. The Morgan fingerprint density at radius 3 is 2.72 bits per heavy atom. The molecule has 0 saturated carbocycles. The Kier molecular flexibility index (Phi) is 8.35. The van der Waals surface area contributed by atoms with Gasteiger partial charge in [-0.05, 0) is 64.0 Å². The molecular weight excluding hydrogens is 472 g/mol. The van der Waals surface area contributed by atoms with Crippen molar-refractivity contribution in [1.29, 1.82) is 0 Å². The lowest BCUT2D eigenvalue weighted by Gasteiger charge is -2.31. The van der Waals surface area contributed by atoms with Gasteiger partial charge in [-0.2, -0.15) is 0 Å². The van der Waals surface area contributed by atoms with Crippen LogP contribution in [0.4, 0.5) is 0 Å². The number of benzene rings is 1. The predicted octanol–water partition coefficient (Wildman–Crippen LogP) is 3.46. The third-order valence-corrected chi connectivity index (χ3v) is 6.84. The van der Waals surface area contributed by atoms with E-state index in [0.717, 1.165) is 99.8 Å². The standard InChI is InChI=1S/C24H33BrN4O3/c1-18-22(27-24(32-18)20-4-2-5-21(25)16-20)17-29-10-6-19(7-11-29)23(30)26-8-3-9-28-12-14-31-15-13-28/h2,4-5,16,19H,3,6-15,17H2,1H3,(H,26,30). The zero-order chi connectivity index (χ0) is 22.3. The Morgan fingerprint density at radius 1 is 1.19 bits per heavy atom. The summed E-state index contributed by atoms with van der Waals surface area (Å²) in [6, 6.07) is 7.99. The van der Waals surface area contributed by atoms with Gasteiger partial charge in [-0.15, -0.1) is 0 Å². The van der Waals surface area contributed by atoms with Crippen molar-refractivity contribution in [2.45, 2.75) is 32.7 Å². The number of carbonyl (C=O) groups excluding carboxylic acids is 1. The first-order valence-electron chi connectivity index (χ1n) is 11.6. The summed E-state index contributed by atoms with van der Waals surface area (Å²) in [5, 5.41) is 3.15. The normalized spacial score (nSPS) is 18.7. The lowest BCUT2D eigenvalue weighted by Crippen LogP contribution is -2.41. The minimum absolute atomic E-state index is 0.116. The molecule has 0 spiro atoms. The minimum Gasteiger partial charge on any atom is -0.441 e. The van der Waals surface area contributed by atoms with Crippen molar-refractivity contribution in [3.05, 3.63) is 40.2 Å². The molecule has 7 nitrogen and oxygen atoms in total. The molecule has 174 valence electrons. The number of morpholine rings is 1. The van der Waals surface area contributed by atoms with E-state index in [1.54, 1.807) is 0 Å². The lowest BCUT2D eigenvalue weighted by molar-refractivity contribution is -0.126. The van der Waals surface area contributed by atoms with Gasteiger partial charge >= 0.3 is 0 Å². The topological polar surface area (TPSA) is 70.8 Å². The molecule has 0 atom stereocenters. The second-order valence-electron chi connectivity index (χ2n) is 8.68. The summed E-state index contributed by atoms with van der Waals surface area (Å²) in [6.07, 6.45) is 2.78. The molecule has 0 radical (unpaired) electrons. The number of rotatable bonds is 8. The van der Waals surface area contributed by atoms with Crippen LogP contribution in [-0.2, 0) is 16.1 Å². The van der Waals surface area contributed by atoms with Crippen LogP contribution < -0.4 is 5.32 Å². The van der Waals surface area contributed by atoms with Gasteiger partial charge in [-0.1, -0.05) is 22.0 Å². The van der Waals surface area contributed by atoms with Gasteiger partial charge in [0.2, 0.25) is 11.8 Å². The summed E-state index contributed by atoms with van der Waals surface area (Å²) in [5.41, 5.74) is 1.95. The van der Waals surface area contributed by atoms with E-state index < -0.39 is 0 Å². The first kappa shape index (κ1) is 23.4. The van der Waals surface area contributed by atoms with Crippen molar-refractivity contribution in [1.82, 2.24) is 20.1 Å². The largest absolute Gasteiger partial charge is 0.441 e. The highest BCUT2D eigenvalue weighted by Crippen LogP contribution is 2.26. The van der Waals surface area contributed by atoms with Crippen LogP contribution in [0, 0.1) is 12.8 Å². The van der Waals surface area contributed by atoms with Gasteiger partial charge in [-0.25, -0.2) is 4.98 Å². The Morgan fingerprint density at radius 2 is 1.97 bits per heavy atom. The number of ether oxygens (including phenoxy) is 1. The Hall–Kier alpha value is -1.74. The van der Waals surface area contributed by atoms with Crippen molar-refractivity contribution in [2.75, 3.05) is 52.5 Å². The molecular formula is C24H33BrN4O3. The zero-order valence-electron chi connectivity index (χ0n) is 18.8. The second kappa shape index (κ2) is 11.4. The Labute approximate surface area is 198 Å². The summed E-state index contributed by atoms with van der Waals surface area (Å²) < 4.78 is 12.3. The molecule has 0 unspecified atom stereocenters. The van der Waals surface area contributed by atoms with Crippen molar-refractivity contribution in [3.8, 4) is 11.5 Å². The van der Waals surface area contributed by atoms with E-state index in [0.29, 0.717) is 5.89 Å². The van der Waals surface area contributed by atoms with Crippen molar-refractivity contribution in [3.63, 3.8) is 0 Å². The van der Waals surface area contributed by atoms with Crippen LogP contribution in [0.5, 0.6) is 0 Å². The first-order valence-corrected chi connectivity index (χ1v) is 12.4. The van der Waals surface area contributed by atoms with Gasteiger partial charge in [0.25, 0.3) is 0 Å². The van der Waals surface area contributed by atoms with Gasteiger partial charge in [0, 0.05) is 42.1 Å². The number of nitrogens with zero attached hydrogens (tertiary/aromatic N) is 3. The van der Waals surface area contributed by atoms with Crippen LogP contribution >= 0.6 is 15.9 Å². The van der Waals surface area contributed by atoms with E-state index in [1.807, 2.05) is 31.2 Å². The predicted molar refractivity (Wildman–Crippen MR) is 127 cm³/mol. The molecule has 1 N–H and O–H groups in total. The quantitative estimate of drug-likeness (QED) is 0.555. The number of hydrogen-bond acceptors (Lipinski definition) is 6. The Bertz CT molecular complexity index is 889. The summed E-state index contributed by atoms with van der Waals surface area (Å²) in [5.74, 6) is 1.84. The number of nitrogens with one attached hydrogen (secondary N) is 1. The van der Waals surface area contributed by atoms with Gasteiger partial charge in [0.15, 0.2) is 0 Å². The van der Waals surface area contributed by atoms with Crippen LogP contribution in [0.15, 0.2) is 33.2 Å². The van der Waals surface area contributed by atoms with E-state index in [-0.39, 0.29) is 11.8 Å². The number of oxazole rings is 1. The molecule has 1 amide bonds. The molecule has 0 bridgehead atoms. The van der Waals surface area contributed by atoms with Gasteiger partial charge in [0.05, 0.1) is 18.9 Å². The molecule has 1 aromatic carbocycles. The SMILES string of the molecule is Cc1oc(-c2cccc(Br)c2)nc1CN1CCC(C(=O)NCCCN2CCOCC2)CC1. The molecule has 8 heteroatoms. The highest BCUT2D eigenvalue weighted by atomic mass is 79.9. The third-order valence-electron chi connectivity index (χ3n) is 6.35. The number of aryl methyl sites for hydroxylation is 1. The molecule has 2 fully saturated rings. The van der Waals surface area contributed by atoms with Crippen LogP contribution in [0.3, 0.4) is 0 Å². The molecule has 2 aliphatic rings. The summed E-state index contributed by atoms with van der Waals surface area (Å²) in [6.45, 7) is 9.98. The number of carbonyl (C=O) groups is 1. The maximum atomic E-state index is 12.6. The first-order chi connectivity index (χ1) is 15.6. The lowest BCUT2D eigenvalue weighted by atomic mass is 9.95. The number of hydrogen-bond donors (Lipinski definition) is 1. The monoisotopic (exact) mass is 504 g/mol. The molecule has 4 rings (SSSR count). The molecule has 32 heavy (non-hydrogen) atoms. The van der Waals surface area contributed by atoms with Gasteiger partial charge < -0.3 is 14.5 Å². The summed E-state index contributed by atoms with van der Waals surface area (Å²) in [4.78, 5) is 22.1. The fourth-order valence-electron chi connectivity index (χ4n) is 4.37. The Balaban J connectivity index is 1.19. The molecule has 2 aliphatic heterocycles. The number of aromatic nitrogens is 1. The van der Waals surface area contributed by atoms with E-state index in [4.69, 9.17) is 14.1 Å². The van der Waals surface area contributed by atoms with E-state index >= 15 is 0 Å². The van der Waals surface area contributed by atoms with Crippen LogP contribution in [0.2, 0.25) is 0 Å². The minimum atomic E-state index is 0.116. The zero-order valence-corrected chi connectivity index (χ0v) is 20.4. The fraction of sp³-hybridized carbons (Fsp3) is 0.583. The van der Waals surface area contributed by atoms with Crippen molar-refractivity contribution < 1.29 is 13.9 Å². The molecule has 3 heterocycles. The van der Waals surface area contributed by atoms with Crippen LogP contribution in [0.25, 0.3) is 11.5 Å². The van der Waals surface area contributed by atoms with E-state index in [9.17, 15) is 4.79 Å². The van der Waals surface area contributed by atoms with Crippen LogP contribution in [0.1, 0.15) is 30.7 Å². The maximum Gasteiger partial charge on any atom is 0.226 e. The van der Waals surface area contributed by atoms with Gasteiger partial charge in [-0.3, -0.25) is 14.6 Å². The highest BCUT2D eigenvalue weighted by molar-refractivity contribution is 9.10. The number of piperidine rings is 1. The average molecular weight is 505 g/mol. The maximum absolute atomic E-state index is 12.6. The highest BCUT2D eigenvalue weighted by Gasteiger charge is 2.26. The second-order valence-corrected chi connectivity index (χ2v) is 9.60. The fourth-order valence-corrected chi connectivity index (χ4v) is 4.77. The summed E-state index contributed by atoms with van der Waals surface area (Å²) in [7, 11) is 0. The van der Waals surface area contributed by atoms with E-state index in [1.165, 1.54) is 0 Å². The molecule has 1 aromatic heterocycles. The molecule has 2 aromatic rings. The van der Waals surface area contributed by atoms with Gasteiger partial charge in [0.1, 0.15) is 5.76 Å². The molecule has 0 aliphatic carbocycles. The average Bonchev–Trinajstić information content (AvgIpc) is 3.18. The van der Waals surface area contributed by atoms with Crippen molar-refractivity contribution >= 4 is 21.8 Å². The van der Waals surface area contributed by atoms with Crippen molar-refractivity contribution in [2.24, 2.45) is 5.92 Å². The third kappa shape index (κ3) is 6.41. The number of amides is 1. The molecule has 2 saturated heterocycles. The summed E-state index contributed by atoms with van der Waals surface area (Å²) >= 11 is 3.50. The number of halogens is 1.